The number of aliphatic hydroxyl groups excluding tert-OH is 1. The maximum atomic E-state index is 9.63. The fourth-order valence-corrected chi connectivity index (χ4v) is 1.87. The average Bonchev–Trinajstić information content (AvgIpc) is 2.01. The summed E-state index contributed by atoms with van der Waals surface area (Å²) < 4.78 is 0. The minimum atomic E-state index is -0.362. The van der Waals surface area contributed by atoms with Crippen LogP contribution in [0.2, 0.25) is 0 Å². The molecule has 1 heteroatoms. The molecule has 0 heterocycles. The number of benzene rings is 1. The molecule has 1 nitrogen and oxygen atoms in total. The lowest BCUT2D eigenvalue weighted by Crippen LogP contribution is -2.02. The Balaban J connectivity index is 3.46. The van der Waals surface area contributed by atoms with E-state index in [2.05, 4.69) is 33.8 Å². The molecule has 72 valence electrons. The molecule has 1 aromatic rings. The predicted octanol–water partition coefficient (Wildman–Crippen LogP) is 2.97. The predicted molar refractivity (Wildman–Crippen MR) is 56.0 cm³/mol. The summed E-state index contributed by atoms with van der Waals surface area (Å²) in [6.07, 6.45) is -0.362. The monoisotopic (exact) mass is 178 g/mol. The Morgan fingerprint density at radius 2 is 1.38 bits per heavy atom. The molecule has 0 spiro atoms. The summed E-state index contributed by atoms with van der Waals surface area (Å²) in [5.74, 6) is 0. The third kappa shape index (κ3) is 1.75. The Kier molecular flexibility index (Phi) is 2.77. The van der Waals surface area contributed by atoms with Crippen LogP contribution in [0.4, 0.5) is 0 Å². The van der Waals surface area contributed by atoms with Gasteiger partial charge in [-0.3, -0.25) is 0 Å². The van der Waals surface area contributed by atoms with E-state index in [1.165, 1.54) is 22.3 Å². The second-order valence-corrected chi connectivity index (χ2v) is 3.85. The molecule has 0 bridgehead atoms. The number of rotatable bonds is 1. The van der Waals surface area contributed by atoms with Crippen molar-refractivity contribution in [1.82, 2.24) is 0 Å². The molecule has 0 aliphatic heterocycles. The van der Waals surface area contributed by atoms with Crippen LogP contribution in [0.15, 0.2) is 6.07 Å². The lowest BCUT2D eigenvalue weighted by Gasteiger charge is -2.17. The molecular weight excluding hydrogens is 160 g/mol. The quantitative estimate of drug-likeness (QED) is 0.701. The van der Waals surface area contributed by atoms with Gasteiger partial charge in [0, 0.05) is 0 Å². The largest absolute Gasteiger partial charge is 0.389 e. The molecule has 0 radical (unpaired) electrons. The fraction of sp³-hybridized carbons (Fsp3) is 0.500. The first-order valence-electron chi connectivity index (χ1n) is 4.70. The van der Waals surface area contributed by atoms with Crippen LogP contribution >= 0.6 is 0 Å². The number of aliphatic hydroxyl groups is 1. The minimum absolute atomic E-state index is 0.362. The van der Waals surface area contributed by atoms with E-state index < -0.39 is 0 Å². The van der Waals surface area contributed by atoms with Gasteiger partial charge in [-0.25, -0.2) is 0 Å². The third-order valence-corrected chi connectivity index (χ3v) is 2.84. The van der Waals surface area contributed by atoms with Crippen LogP contribution < -0.4 is 0 Å². The van der Waals surface area contributed by atoms with Gasteiger partial charge in [-0.15, -0.1) is 0 Å². The molecule has 13 heavy (non-hydrogen) atoms. The van der Waals surface area contributed by atoms with Crippen LogP contribution in [0, 0.1) is 27.7 Å². The maximum Gasteiger partial charge on any atom is 0.0767 e. The van der Waals surface area contributed by atoms with Gasteiger partial charge >= 0.3 is 0 Å². The Labute approximate surface area is 80.4 Å². The molecule has 0 aliphatic rings. The molecule has 0 saturated carbocycles. The van der Waals surface area contributed by atoms with E-state index in [1.807, 2.05) is 6.92 Å². The molecule has 1 rings (SSSR count). The Morgan fingerprint density at radius 3 is 1.69 bits per heavy atom. The minimum Gasteiger partial charge on any atom is -0.389 e. The molecule has 1 atom stereocenters. The molecule has 1 aromatic carbocycles. The highest BCUT2D eigenvalue weighted by atomic mass is 16.3. The van der Waals surface area contributed by atoms with Crippen LogP contribution in [0.1, 0.15) is 40.8 Å². The lowest BCUT2D eigenvalue weighted by molar-refractivity contribution is 0.197. The SMILES string of the molecule is Cc1cc(C)c(C)c(C(C)O)c1C. The van der Waals surface area contributed by atoms with Crippen molar-refractivity contribution >= 4 is 0 Å². The molecule has 0 saturated heterocycles. The Bertz CT molecular complexity index is 298. The summed E-state index contributed by atoms with van der Waals surface area (Å²) in [6, 6.07) is 2.18. The number of hydrogen-bond donors (Lipinski definition) is 1. The maximum absolute atomic E-state index is 9.63. The first-order valence-corrected chi connectivity index (χ1v) is 4.70. The van der Waals surface area contributed by atoms with Crippen molar-refractivity contribution in [3.8, 4) is 0 Å². The van der Waals surface area contributed by atoms with E-state index in [9.17, 15) is 5.11 Å². The summed E-state index contributed by atoms with van der Waals surface area (Å²) in [6.45, 7) is 10.2. The smallest absolute Gasteiger partial charge is 0.0767 e. The van der Waals surface area contributed by atoms with Crippen molar-refractivity contribution < 1.29 is 5.11 Å². The van der Waals surface area contributed by atoms with E-state index in [-0.39, 0.29) is 6.10 Å². The molecule has 0 amide bonds. The van der Waals surface area contributed by atoms with Gasteiger partial charge in [0.25, 0.3) is 0 Å². The zero-order valence-corrected chi connectivity index (χ0v) is 9.10. The van der Waals surface area contributed by atoms with Gasteiger partial charge in [-0.2, -0.15) is 0 Å². The van der Waals surface area contributed by atoms with Crippen LogP contribution in [0.25, 0.3) is 0 Å². The van der Waals surface area contributed by atoms with E-state index in [1.54, 1.807) is 0 Å². The van der Waals surface area contributed by atoms with Crippen molar-refractivity contribution in [1.29, 1.82) is 0 Å². The van der Waals surface area contributed by atoms with Gasteiger partial charge in [-0.05, 0) is 62.4 Å². The standard InChI is InChI=1S/C12H18O/c1-7-6-8(2)10(4)12(9(7)3)11(5)13/h6,11,13H,1-5H3. The number of hydrogen-bond acceptors (Lipinski definition) is 1. The summed E-state index contributed by atoms with van der Waals surface area (Å²) in [5, 5.41) is 9.63. The van der Waals surface area contributed by atoms with Gasteiger partial charge in [0.1, 0.15) is 0 Å². The summed E-state index contributed by atoms with van der Waals surface area (Å²) in [5.41, 5.74) is 6.06. The van der Waals surface area contributed by atoms with Gasteiger partial charge in [0.2, 0.25) is 0 Å². The van der Waals surface area contributed by atoms with Crippen molar-refractivity contribution in [2.24, 2.45) is 0 Å². The van der Waals surface area contributed by atoms with E-state index in [0.29, 0.717) is 0 Å². The van der Waals surface area contributed by atoms with Gasteiger partial charge < -0.3 is 5.11 Å². The first-order chi connectivity index (χ1) is 5.95. The first kappa shape index (κ1) is 10.3. The highest BCUT2D eigenvalue weighted by Crippen LogP contribution is 2.26. The second kappa shape index (κ2) is 3.51. The molecule has 0 aliphatic carbocycles. The zero-order valence-electron chi connectivity index (χ0n) is 9.10. The summed E-state index contributed by atoms with van der Waals surface area (Å²) in [7, 11) is 0. The van der Waals surface area contributed by atoms with Gasteiger partial charge in [-0.1, -0.05) is 6.07 Å². The van der Waals surface area contributed by atoms with Crippen LogP contribution in [0.3, 0.4) is 0 Å². The molecule has 1 N–H and O–H groups in total. The summed E-state index contributed by atoms with van der Waals surface area (Å²) in [4.78, 5) is 0. The topological polar surface area (TPSA) is 20.2 Å². The molecule has 1 unspecified atom stereocenters. The highest BCUT2D eigenvalue weighted by Gasteiger charge is 2.11. The van der Waals surface area contributed by atoms with Crippen molar-refractivity contribution in [3.63, 3.8) is 0 Å². The van der Waals surface area contributed by atoms with Crippen molar-refractivity contribution in [2.75, 3.05) is 0 Å². The van der Waals surface area contributed by atoms with Crippen molar-refractivity contribution in [2.45, 2.75) is 40.7 Å². The fourth-order valence-electron chi connectivity index (χ4n) is 1.87. The zero-order chi connectivity index (χ0) is 10.2. The summed E-state index contributed by atoms with van der Waals surface area (Å²) >= 11 is 0. The second-order valence-electron chi connectivity index (χ2n) is 3.85. The van der Waals surface area contributed by atoms with E-state index in [4.69, 9.17) is 0 Å². The van der Waals surface area contributed by atoms with Crippen LogP contribution in [-0.4, -0.2) is 5.11 Å². The molecule has 0 aromatic heterocycles. The van der Waals surface area contributed by atoms with Gasteiger partial charge in [0.05, 0.1) is 6.10 Å². The number of aryl methyl sites for hydroxylation is 2. The van der Waals surface area contributed by atoms with Crippen molar-refractivity contribution in [3.05, 3.63) is 33.9 Å². The average molecular weight is 178 g/mol. The van der Waals surface area contributed by atoms with Gasteiger partial charge in [0.15, 0.2) is 0 Å². The molecule has 0 fully saturated rings. The van der Waals surface area contributed by atoms with Crippen LogP contribution in [-0.2, 0) is 0 Å². The van der Waals surface area contributed by atoms with E-state index >= 15 is 0 Å². The van der Waals surface area contributed by atoms with E-state index in [0.717, 1.165) is 5.56 Å². The highest BCUT2D eigenvalue weighted by molar-refractivity contribution is 5.44. The molecular formula is C12H18O. The lowest BCUT2D eigenvalue weighted by atomic mass is 9.91. The van der Waals surface area contributed by atoms with Crippen LogP contribution in [0.5, 0.6) is 0 Å². The third-order valence-electron chi connectivity index (χ3n) is 2.84. The Hall–Kier alpha value is -0.820. The normalized spacial score (nSPS) is 13.1. The Morgan fingerprint density at radius 1 is 1.00 bits per heavy atom.